The van der Waals surface area contributed by atoms with Gasteiger partial charge >= 0.3 is 0 Å². The Balaban J connectivity index is 0.00000106. The van der Waals surface area contributed by atoms with Crippen molar-refractivity contribution in [3.8, 4) is 0 Å². The van der Waals surface area contributed by atoms with Gasteiger partial charge < -0.3 is 10.6 Å². The molecular weight excluding hydrogens is 204 g/mol. The summed E-state index contributed by atoms with van der Waals surface area (Å²) in [6.45, 7) is 5.80. The van der Waals surface area contributed by atoms with Gasteiger partial charge in [-0.05, 0) is 13.1 Å². The van der Waals surface area contributed by atoms with Crippen LogP contribution in [0.5, 0.6) is 0 Å². The molecule has 0 aliphatic carbocycles. The van der Waals surface area contributed by atoms with E-state index in [1.54, 1.807) is 18.8 Å². The first-order chi connectivity index (χ1) is 7.86. The molecule has 1 aromatic rings. The number of hydrogen-bond acceptors (Lipinski definition) is 4. The fourth-order valence-corrected chi connectivity index (χ4v) is 1.03. The molecule has 5 heteroatoms. The van der Waals surface area contributed by atoms with Crippen molar-refractivity contribution in [1.82, 2.24) is 10.3 Å². The van der Waals surface area contributed by atoms with Crippen LogP contribution in [0.3, 0.4) is 0 Å². The van der Waals surface area contributed by atoms with Crippen LogP contribution < -0.4 is 16.1 Å². The number of rotatable bonds is 6. The standard InChI is InChI=1S/C9H16N4O.C2H6/c1-10-5-6-11-9-4-3-8(7-12-9)13-14-2;1-2/h3-4,7,10,13H,5-6H2,1-2H3,(H,11,12);1-2H3/p+1. The summed E-state index contributed by atoms with van der Waals surface area (Å²) in [6, 6.07) is 3.89. The molecule has 0 amide bonds. The summed E-state index contributed by atoms with van der Waals surface area (Å²) in [5.41, 5.74) is 2.62. The SMILES string of the molecule is CC.CNCCNc1ccc([NH2+]OC)cn1. The monoisotopic (exact) mass is 227 g/mol. The quantitative estimate of drug-likeness (QED) is 0.489. The van der Waals surface area contributed by atoms with Crippen molar-refractivity contribution in [2.75, 3.05) is 32.6 Å². The lowest BCUT2D eigenvalue weighted by molar-refractivity contribution is -0.830. The van der Waals surface area contributed by atoms with Crippen LogP contribution in [0.2, 0.25) is 0 Å². The lowest BCUT2D eigenvalue weighted by Crippen LogP contribution is -2.75. The summed E-state index contributed by atoms with van der Waals surface area (Å²) < 4.78 is 0. The van der Waals surface area contributed by atoms with Crippen LogP contribution in [-0.2, 0) is 4.84 Å². The van der Waals surface area contributed by atoms with E-state index in [1.807, 2.05) is 33.0 Å². The van der Waals surface area contributed by atoms with E-state index in [1.165, 1.54) is 0 Å². The topological polar surface area (TPSA) is 62.8 Å². The first-order valence-corrected chi connectivity index (χ1v) is 5.57. The smallest absolute Gasteiger partial charge is 0.180 e. The molecule has 0 fully saturated rings. The third-order valence-electron chi connectivity index (χ3n) is 1.72. The summed E-state index contributed by atoms with van der Waals surface area (Å²) in [5, 5.41) is 6.24. The Bertz CT molecular complexity index is 251. The van der Waals surface area contributed by atoms with Crippen molar-refractivity contribution in [2.24, 2.45) is 0 Å². The molecule has 0 saturated carbocycles. The van der Waals surface area contributed by atoms with Gasteiger partial charge in [0.2, 0.25) is 0 Å². The van der Waals surface area contributed by atoms with Crippen molar-refractivity contribution in [1.29, 1.82) is 0 Å². The van der Waals surface area contributed by atoms with Crippen molar-refractivity contribution >= 4 is 11.5 Å². The zero-order valence-electron chi connectivity index (χ0n) is 10.6. The number of anilines is 1. The van der Waals surface area contributed by atoms with Gasteiger partial charge in [-0.3, -0.25) is 0 Å². The average molecular weight is 227 g/mol. The highest BCUT2D eigenvalue weighted by Gasteiger charge is 1.97. The van der Waals surface area contributed by atoms with Gasteiger partial charge in [-0.1, -0.05) is 13.8 Å². The minimum atomic E-state index is 0.872. The lowest BCUT2D eigenvalue weighted by atomic mass is 10.4. The van der Waals surface area contributed by atoms with Gasteiger partial charge in [0.05, 0.1) is 13.3 Å². The summed E-state index contributed by atoms with van der Waals surface area (Å²) in [6.07, 6.45) is 1.77. The predicted octanol–water partition coefficient (Wildman–Crippen LogP) is 0.495. The van der Waals surface area contributed by atoms with Gasteiger partial charge in [0.1, 0.15) is 5.82 Å². The Morgan fingerprint density at radius 2 is 2.06 bits per heavy atom. The van der Waals surface area contributed by atoms with Gasteiger partial charge in [-0.2, -0.15) is 5.48 Å². The average Bonchev–Trinajstić information content (AvgIpc) is 2.35. The van der Waals surface area contributed by atoms with E-state index in [9.17, 15) is 0 Å². The van der Waals surface area contributed by atoms with Crippen LogP contribution in [0.1, 0.15) is 13.8 Å². The van der Waals surface area contributed by atoms with Gasteiger partial charge in [0, 0.05) is 19.2 Å². The molecule has 0 aliphatic rings. The van der Waals surface area contributed by atoms with Crippen LogP contribution in [0.25, 0.3) is 0 Å². The molecule has 0 spiro atoms. The van der Waals surface area contributed by atoms with Crippen LogP contribution in [0.4, 0.5) is 11.5 Å². The summed E-state index contributed by atoms with van der Waals surface area (Å²) >= 11 is 0. The second kappa shape index (κ2) is 10.4. The molecule has 1 heterocycles. The fourth-order valence-electron chi connectivity index (χ4n) is 1.03. The zero-order valence-corrected chi connectivity index (χ0v) is 10.6. The molecule has 92 valence electrons. The highest BCUT2D eigenvalue weighted by Crippen LogP contribution is 2.03. The molecule has 0 bridgehead atoms. The van der Waals surface area contributed by atoms with Crippen molar-refractivity contribution in [3.63, 3.8) is 0 Å². The zero-order chi connectivity index (χ0) is 12.2. The first kappa shape index (κ1) is 14.8. The van der Waals surface area contributed by atoms with Crippen LogP contribution >= 0.6 is 0 Å². The van der Waals surface area contributed by atoms with E-state index in [0.29, 0.717) is 0 Å². The maximum absolute atomic E-state index is 4.87. The number of nitrogens with two attached hydrogens (primary N) is 1. The number of aromatic nitrogens is 1. The minimum Gasteiger partial charge on any atom is -0.369 e. The van der Waals surface area contributed by atoms with Gasteiger partial charge in [0.25, 0.3) is 0 Å². The minimum absolute atomic E-state index is 0.872. The fraction of sp³-hybridized carbons (Fsp3) is 0.545. The van der Waals surface area contributed by atoms with E-state index < -0.39 is 0 Å². The van der Waals surface area contributed by atoms with Gasteiger partial charge in [-0.25, -0.2) is 9.82 Å². The van der Waals surface area contributed by atoms with Crippen molar-refractivity contribution in [2.45, 2.75) is 13.8 Å². The third kappa shape index (κ3) is 6.34. The number of nitrogens with zero attached hydrogens (tertiary/aromatic N) is 1. The maximum Gasteiger partial charge on any atom is 0.180 e. The molecule has 0 saturated heterocycles. The van der Waals surface area contributed by atoms with Gasteiger partial charge in [-0.15, -0.1) is 0 Å². The molecule has 0 aromatic carbocycles. The van der Waals surface area contributed by atoms with E-state index >= 15 is 0 Å². The maximum atomic E-state index is 4.87. The van der Waals surface area contributed by atoms with E-state index in [2.05, 4.69) is 15.6 Å². The number of likely N-dealkylation sites (N-methyl/N-ethyl adjacent to an activating group) is 1. The van der Waals surface area contributed by atoms with E-state index in [-0.39, 0.29) is 0 Å². The summed E-state index contributed by atoms with van der Waals surface area (Å²) in [4.78, 5) is 9.09. The van der Waals surface area contributed by atoms with Crippen LogP contribution in [0.15, 0.2) is 18.3 Å². The lowest BCUT2D eigenvalue weighted by Gasteiger charge is -2.04. The third-order valence-corrected chi connectivity index (χ3v) is 1.72. The Morgan fingerprint density at radius 1 is 1.31 bits per heavy atom. The van der Waals surface area contributed by atoms with Crippen molar-refractivity contribution < 1.29 is 10.3 Å². The van der Waals surface area contributed by atoms with E-state index in [0.717, 1.165) is 24.6 Å². The second-order valence-corrected chi connectivity index (χ2v) is 2.86. The predicted molar refractivity (Wildman–Crippen MR) is 66.6 cm³/mol. The summed E-state index contributed by atoms with van der Waals surface area (Å²) in [7, 11) is 3.55. The number of hydrogen-bond donors (Lipinski definition) is 3. The Kier molecular flexibility index (Phi) is 9.59. The molecule has 0 unspecified atom stereocenters. The number of quaternary nitrogens is 1. The molecule has 0 radical (unpaired) electrons. The first-order valence-electron chi connectivity index (χ1n) is 5.57. The molecule has 16 heavy (non-hydrogen) atoms. The van der Waals surface area contributed by atoms with Crippen molar-refractivity contribution in [3.05, 3.63) is 18.3 Å². The molecule has 0 atom stereocenters. The second-order valence-electron chi connectivity index (χ2n) is 2.86. The molecule has 0 aliphatic heterocycles. The Morgan fingerprint density at radius 3 is 2.56 bits per heavy atom. The normalized spacial score (nSPS) is 9.25. The molecule has 5 nitrogen and oxygen atoms in total. The Labute approximate surface area is 97.6 Å². The van der Waals surface area contributed by atoms with Gasteiger partial charge in [0.15, 0.2) is 5.69 Å². The molecule has 1 rings (SSSR count). The highest BCUT2D eigenvalue weighted by atomic mass is 16.6. The number of nitrogens with one attached hydrogen (secondary N) is 2. The highest BCUT2D eigenvalue weighted by molar-refractivity contribution is 5.39. The summed E-state index contributed by atoms with van der Waals surface area (Å²) in [5.74, 6) is 0.883. The molecule has 4 N–H and O–H groups in total. The number of pyridine rings is 1. The molecular formula is C11H23N4O+. The van der Waals surface area contributed by atoms with Crippen LogP contribution in [0, 0.1) is 0 Å². The Hall–Kier alpha value is -1.17. The largest absolute Gasteiger partial charge is 0.369 e. The van der Waals surface area contributed by atoms with Crippen LogP contribution in [-0.4, -0.2) is 32.2 Å². The molecule has 1 aromatic heterocycles. The van der Waals surface area contributed by atoms with E-state index in [4.69, 9.17) is 4.84 Å².